The fraction of sp³-hybridized carbons (Fsp3) is 0.318. The van der Waals surface area contributed by atoms with Gasteiger partial charge in [0.25, 0.3) is 0 Å². The van der Waals surface area contributed by atoms with Crippen molar-refractivity contribution in [3.8, 4) is 0 Å². The van der Waals surface area contributed by atoms with Gasteiger partial charge in [0.2, 0.25) is 10.0 Å². The lowest BCUT2D eigenvalue weighted by molar-refractivity contribution is 0.387. The second-order valence-corrected chi connectivity index (χ2v) is 9.80. The van der Waals surface area contributed by atoms with Crippen molar-refractivity contribution in [1.29, 1.82) is 0 Å². The molecule has 3 aromatic rings. The third kappa shape index (κ3) is 4.71. The molecule has 1 fully saturated rings. The Labute approximate surface area is 176 Å². The molecule has 1 aliphatic rings. The van der Waals surface area contributed by atoms with Gasteiger partial charge in [0.15, 0.2) is 0 Å². The van der Waals surface area contributed by atoms with Crippen LogP contribution in [0.4, 0.5) is 5.69 Å². The van der Waals surface area contributed by atoms with Crippen molar-refractivity contribution in [2.75, 3.05) is 5.32 Å². The summed E-state index contributed by atoms with van der Waals surface area (Å²) in [5, 5.41) is 5.32. The predicted molar refractivity (Wildman–Crippen MR) is 118 cm³/mol. The molecule has 5 nitrogen and oxygen atoms in total. The molecular formula is C22H24ClN3O2S. The molecule has 0 saturated heterocycles. The molecule has 1 saturated carbocycles. The zero-order chi connectivity index (χ0) is 20.4. The molecule has 0 aliphatic heterocycles. The summed E-state index contributed by atoms with van der Waals surface area (Å²) in [5.41, 5.74) is 2.84. The number of fused-ring (bicyclic) bond motifs is 1. The summed E-state index contributed by atoms with van der Waals surface area (Å²) in [6.45, 7) is 1.90. The number of rotatable bonds is 5. The van der Waals surface area contributed by atoms with Crippen molar-refractivity contribution >= 4 is 38.2 Å². The van der Waals surface area contributed by atoms with Crippen LogP contribution in [0.2, 0.25) is 5.02 Å². The van der Waals surface area contributed by atoms with Crippen LogP contribution in [-0.4, -0.2) is 25.5 Å². The summed E-state index contributed by atoms with van der Waals surface area (Å²) in [6.07, 6.45) is 5.19. The highest BCUT2D eigenvalue weighted by molar-refractivity contribution is 7.89. The molecule has 29 heavy (non-hydrogen) atoms. The van der Waals surface area contributed by atoms with Crippen LogP contribution in [0.5, 0.6) is 0 Å². The zero-order valence-electron chi connectivity index (χ0n) is 16.2. The summed E-state index contributed by atoms with van der Waals surface area (Å²) in [5.74, 6) is 0. The Kier molecular flexibility index (Phi) is 5.76. The minimum absolute atomic E-state index is 0.0356. The molecule has 0 unspecified atom stereocenters. The van der Waals surface area contributed by atoms with Crippen molar-refractivity contribution in [3.63, 3.8) is 0 Å². The topological polar surface area (TPSA) is 71.1 Å². The van der Waals surface area contributed by atoms with Gasteiger partial charge in [0, 0.05) is 34.4 Å². The van der Waals surface area contributed by atoms with Gasteiger partial charge in [-0.2, -0.15) is 0 Å². The van der Waals surface area contributed by atoms with E-state index in [1.54, 1.807) is 24.4 Å². The van der Waals surface area contributed by atoms with E-state index in [2.05, 4.69) is 15.0 Å². The van der Waals surface area contributed by atoms with Crippen molar-refractivity contribution in [3.05, 3.63) is 65.3 Å². The van der Waals surface area contributed by atoms with E-state index in [1.165, 1.54) is 0 Å². The Hall–Kier alpha value is -2.15. The number of anilines is 1. The average Bonchev–Trinajstić information content (AvgIpc) is 2.69. The number of aryl methyl sites for hydroxylation is 1. The molecule has 0 amide bonds. The smallest absolute Gasteiger partial charge is 0.240 e. The quantitative estimate of drug-likeness (QED) is 0.605. The van der Waals surface area contributed by atoms with Gasteiger partial charge in [-0.1, -0.05) is 23.7 Å². The number of nitrogens with one attached hydrogen (secondary N) is 2. The summed E-state index contributed by atoms with van der Waals surface area (Å²) in [7, 11) is -3.48. The number of benzene rings is 2. The van der Waals surface area contributed by atoms with E-state index in [-0.39, 0.29) is 6.04 Å². The summed E-state index contributed by atoms with van der Waals surface area (Å²) in [6, 6.07) is 15.0. The first-order valence-corrected chi connectivity index (χ1v) is 11.7. The maximum Gasteiger partial charge on any atom is 0.240 e. The SMILES string of the molecule is Cc1cccc(S(=O)(=O)NC2CCC(Nc3ccnc4cc(Cl)ccc34)CC2)c1. The van der Waals surface area contributed by atoms with Crippen LogP contribution in [-0.2, 0) is 10.0 Å². The molecule has 1 aromatic heterocycles. The van der Waals surface area contributed by atoms with Crippen LogP contribution >= 0.6 is 11.6 Å². The summed E-state index contributed by atoms with van der Waals surface area (Å²) >= 11 is 6.07. The van der Waals surface area contributed by atoms with E-state index in [9.17, 15) is 8.42 Å². The minimum atomic E-state index is -3.48. The van der Waals surface area contributed by atoms with Gasteiger partial charge in [-0.15, -0.1) is 0 Å². The zero-order valence-corrected chi connectivity index (χ0v) is 17.8. The van der Waals surface area contributed by atoms with Gasteiger partial charge in [-0.25, -0.2) is 13.1 Å². The van der Waals surface area contributed by atoms with Gasteiger partial charge >= 0.3 is 0 Å². The first-order chi connectivity index (χ1) is 13.9. The minimum Gasteiger partial charge on any atom is -0.382 e. The average molecular weight is 430 g/mol. The molecule has 4 rings (SSSR count). The van der Waals surface area contributed by atoms with Crippen LogP contribution in [0.3, 0.4) is 0 Å². The van der Waals surface area contributed by atoms with E-state index in [0.717, 1.165) is 47.8 Å². The monoisotopic (exact) mass is 429 g/mol. The molecule has 1 heterocycles. The van der Waals surface area contributed by atoms with Crippen molar-refractivity contribution in [1.82, 2.24) is 9.71 Å². The molecule has 7 heteroatoms. The number of pyridine rings is 1. The van der Waals surface area contributed by atoms with Crippen LogP contribution in [0.25, 0.3) is 10.9 Å². The maximum absolute atomic E-state index is 12.7. The van der Waals surface area contributed by atoms with E-state index >= 15 is 0 Å². The lowest BCUT2D eigenvalue weighted by Gasteiger charge is -2.30. The number of aromatic nitrogens is 1. The highest BCUT2D eigenvalue weighted by Gasteiger charge is 2.26. The number of halogens is 1. The van der Waals surface area contributed by atoms with Crippen LogP contribution in [0.1, 0.15) is 31.2 Å². The van der Waals surface area contributed by atoms with Crippen LogP contribution in [0.15, 0.2) is 59.6 Å². The maximum atomic E-state index is 12.7. The van der Waals surface area contributed by atoms with E-state index in [0.29, 0.717) is 16.0 Å². The van der Waals surface area contributed by atoms with E-state index in [1.807, 2.05) is 37.3 Å². The fourth-order valence-electron chi connectivity index (χ4n) is 3.89. The Morgan fingerprint density at radius 3 is 2.52 bits per heavy atom. The van der Waals surface area contributed by atoms with Crippen molar-refractivity contribution < 1.29 is 8.42 Å². The molecule has 2 N–H and O–H groups in total. The number of hydrogen-bond acceptors (Lipinski definition) is 4. The van der Waals surface area contributed by atoms with Gasteiger partial charge in [0.05, 0.1) is 10.4 Å². The third-order valence-electron chi connectivity index (χ3n) is 5.41. The molecule has 0 radical (unpaired) electrons. The highest BCUT2D eigenvalue weighted by atomic mass is 35.5. The number of hydrogen-bond donors (Lipinski definition) is 2. The molecule has 2 aromatic carbocycles. The first kappa shape index (κ1) is 20.1. The lowest BCUT2D eigenvalue weighted by atomic mass is 9.91. The Morgan fingerprint density at radius 2 is 1.76 bits per heavy atom. The lowest BCUT2D eigenvalue weighted by Crippen LogP contribution is -2.40. The molecular weight excluding hydrogens is 406 g/mol. The summed E-state index contributed by atoms with van der Waals surface area (Å²) < 4.78 is 28.2. The van der Waals surface area contributed by atoms with Gasteiger partial charge < -0.3 is 5.32 Å². The second kappa shape index (κ2) is 8.30. The summed E-state index contributed by atoms with van der Waals surface area (Å²) in [4.78, 5) is 4.71. The second-order valence-electron chi connectivity index (χ2n) is 7.65. The highest BCUT2D eigenvalue weighted by Crippen LogP contribution is 2.28. The molecule has 1 aliphatic carbocycles. The van der Waals surface area contributed by atoms with E-state index < -0.39 is 10.0 Å². The van der Waals surface area contributed by atoms with Gasteiger partial charge in [-0.05, 0) is 74.6 Å². The van der Waals surface area contributed by atoms with Crippen LogP contribution < -0.4 is 10.0 Å². The largest absolute Gasteiger partial charge is 0.382 e. The fourth-order valence-corrected chi connectivity index (χ4v) is 5.47. The predicted octanol–water partition coefficient (Wildman–Crippen LogP) is 4.90. The molecule has 0 spiro atoms. The molecule has 152 valence electrons. The van der Waals surface area contributed by atoms with Gasteiger partial charge in [0.1, 0.15) is 0 Å². The standard InChI is InChI=1S/C22H24ClN3O2S/c1-15-3-2-4-19(13-15)29(27,28)26-18-8-6-17(7-9-18)25-21-11-12-24-22-14-16(23)5-10-20(21)22/h2-5,10-14,17-18,26H,6-9H2,1H3,(H,24,25). The number of sulfonamides is 1. The van der Waals surface area contributed by atoms with Crippen LogP contribution in [0, 0.1) is 6.92 Å². The van der Waals surface area contributed by atoms with E-state index in [4.69, 9.17) is 11.6 Å². The molecule has 0 bridgehead atoms. The Morgan fingerprint density at radius 1 is 1.00 bits per heavy atom. The number of nitrogens with zero attached hydrogens (tertiary/aromatic N) is 1. The Balaban J connectivity index is 1.39. The Bertz CT molecular complexity index is 1130. The first-order valence-electron chi connectivity index (χ1n) is 9.80. The van der Waals surface area contributed by atoms with Crippen molar-refractivity contribution in [2.45, 2.75) is 49.6 Å². The van der Waals surface area contributed by atoms with Gasteiger partial charge in [-0.3, -0.25) is 4.98 Å². The third-order valence-corrected chi connectivity index (χ3v) is 7.17. The molecule has 0 atom stereocenters. The van der Waals surface area contributed by atoms with Crippen molar-refractivity contribution in [2.24, 2.45) is 0 Å². The normalized spacial score (nSPS) is 19.9.